The number of halogens is 1. The van der Waals surface area contributed by atoms with Crippen LogP contribution in [0.25, 0.3) is 5.69 Å². The molecule has 4 rings (SSSR count). The number of carbonyl (C=O) groups is 1. The second kappa shape index (κ2) is 8.39. The Balaban J connectivity index is 1.47. The smallest absolute Gasteiger partial charge is 0.222 e. The van der Waals surface area contributed by atoms with E-state index >= 15 is 0 Å². The SMILES string of the molecule is CC(=O)Nc1ccnn1C1CCN(Cc2cc(F)ccc2-n2nc(C)cc2C)CC1. The van der Waals surface area contributed by atoms with Crippen molar-refractivity contribution in [2.75, 3.05) is 18.4 Å². The number of anilines is 1. The predicted octanol–water partition coefficient (Wildman–Crippen LogP) is 3.62. The van der Waals surface area contributed by atoms with Crippen molar-refractivity contribution < 1.29 is 9.18 Å². The van der Waals surface area contributed by atoms with Crippen LogP contribution in [-0.2, 0) is 11.3 Å². The van der Waals surface area contributed by atoms with Gasteiger partial charge in [-0.15, -0.1) is 0 Å². The Morgan fingerprint density at radius 2 is 1.97 bits per heavy atom. The van der Waals surface area contributed by atoms with Gasteiger partial charge < -0.3 is 5.32 Å². The first-order valence-corrected chi connectivity index (χ1v) is 10.3. The number of carbonyl (C=O) groups excluding carboxylic acids is 1. The zero-order chi connectivity index (χ0) is 21.3. The van der Waals surface area contributed by atoms with Crippen molar-refractivity contribution >= 4 is 11.7 Å². The maximum atomic E-state index is 14.0. The van der Waals surface area contributed by atoms with E-state index in [-0.39, 0.29) is 17.8 Å². The highest BCUT2D eigenvalue weighted by molar-refractivity contribution is 5.87. The maximum absolute atomic E-state index is 14.0. The van der Waals surface area contributed by atoms with Crippen LogP contribution in [0.5, 0.6) is 0 Å². The lowest BCUT2D eigenvalue weighted by molar-refractivity contribution is -0.114. The van der Waals surface area contributed by atoms with Crippen LogP contribution in [0.3, 0.4) is 0 Å². The van der Waals surface area contributed by atoms with Crippen molar-refractivity contribution in [2.45, 2.75) is 46.2 Å². The third kappa shape index (κ3) is 4.28. The summed E-state index contributed by atoms with van der Waals surface area (Å²) in [4.78, 5) is 13.7. The molecule has 7 nitrogen and oxygen atoms in total. The Hall–Kier alpha value is -3.00. The highest BCUT2D eigenvalue weighted by atomic mass is 19.1. The van der Waals surface area contributed by atoms with Crippen LogP contribution in [0.1, 0.15) is 42.8 Å². The van der Waals surface area contributed by atoms with E-state index in [1.54, 1.807) is 18.3 Å². The van der Waals surface area contributed by atoms with E-state index < -0.39 is 0 Å². The number of aryl methyl sites for hydroxylation is 2. The Kier molecular flexibility index (Phi) is 5.67. The first kappa shape index (κ1) is 20.3. The topological polar surface area (TPSA) is 68.0 Å². The van der Waals surface area contributed by atoms with Crippen LogP contribution in [0.4, 0.5) is 10.2 Å². The van der Waals surface area contributed by atoms with E-state index in [0.717, 1.165) is 54.4 Å². The van der Waals surface area contributed by atoms with Crippen molar-refractivity contribution in [3.05, 3.63) is 59.3 Å². The minimum Gasteiger partial charge on any atom is -0.311 e. The summed E-state index contributed by atoms with van der Waals surface area (Å²) in [6.45, 7) is 7.88. The molecule has 3 aromatic rings. The van der Waals surface area contributed by atoms with E-state index in [1.807, 2.05) is 35.3 Å². The fraction of sp³-hybridized carbons (Fsp3) is 0.409. The van der Waals surface area contributed by atoms with E-state index in [1.165, 1.54) is 13.0 Å². The summed E-state index contributed by atoms with van der Waals surface area (Å²) >= 11 is 0. The highest BCUT2D eigenvalue weighted by Gasteiger charge is 2.24. The molecule has 0 spiro atoms. The van der Waals surface area contributed by atoms with E-state index in [2.05, 4.69) is 20.4 Å². The largest absolute Gasteiger partial charge is 0.311 e. The molecule has 158 valence electrons. The standard InChI is InChI=1S/C22H27FN6O/c1-15-12-16(2)28(26-15)21-5-4-19(23)13-18(21)14-27-10-7-20(8-11-27)29-22(6-9-24-29)25-17(3)30/h4-6,9,12-13,20H,7-8,10-11,14H2,1-3H3,(H,25,30). The zero-order valence-electron chi connectivity index (χ0n) is 17.6. The van der Waals surface area contributed by atoms with Gasteiger partial charge in [-0.1, -0.05) is 0 Å². The Bertz CT molecular complexity index is 1050. The highest BCUT2D eigenvalue weighted by Crippen LogP contribution is 2.27. The van der Waals surface area contributed by atoms with E-state index in [9.17, 15) is 9.18 Å². The lowest BCUT2D eigenvalue weighted by atomic mass is 10.0. The van der Waals surface area contributed by atoms with Gasteiger partial charge in [-0.3, -0.25) is 9.69 Å². The molecule has 1 aliphatic heterocycles. The summed E-state index contributed by atoms with van der Waals surface area (Å²) in [6, 6.07) is 8.99. The lowest BCUT2D eigenvalue weighted by Gasteiger charge is -2.33. The van der Waals surface area contributed by atoms with Crippen molar-refractivity contribution in [1.82, 2.24) is 24.5 Å². The molecular formula is C22H27FN6O. The number of likely N-dealkylation sites (tertiary alicyclic amines) is 1. The lowest BCUT2D eigenvalue weighted by Crippen LogP contribution is -2.35. The maximum Gasteiger partial charge on any atom is 0.222 e. The van der Waals surface area contributed by atoms with Crippen LogP contribution >= 0.6 is 0 Å². The molecule has 30 heavy (non-hydrogen) atoms. The average molecular weight is 410 g/mol. The molecule has 0 radical (unpaired) electrons. The predicted molar refractivity (Wildman–Crippen MR) is 113 cm³/mol. The number of aromatic nitrogens is 4. The number of hydrogen-bond donors (Lipinski definition) is 1. The summed E-state index contributed by atoms with van der Waals surface area (Å²) in [5.74, 6) is 0.400. The van der Waals surface area contributed by atoms with Gasteiger partial charge in [0.2, 0.25) is 5.91 Å². The second-order valence-corrected chi connectivity index (χ2v) is 7.96. The zero-order valence-corrected chi connectivity index (χ0v) is 17.6. The van der Waals surface area contributed by atoms with Gasteiger partial charge in [0.25, 0.3) is 0 Å². The molecule has 0 unspecified atom stereocenters. The summed E-state index contributed by atoms with van der Waals surface area (Å²) in [6.07, 6.45) is 3.54. The number of nitrogens with one attached hydrogen (secondary N) is 1. The van der Waals surface area contributed by atoms with Crippen LogP contribution in [0.2, 0.25) is 0 Å². The Morgan fingerprint density at radius 3 is 2.63 bits per heavy atom. The molecule has 1 N–H and O–H groups in total. The van der Waals surface area contributed by atoms with E-state index in [4.69, 9.17) is 0 Å². The number of benzene rings is 1. The third-order valence-corrected chi connectivity index (χ3v) is 5.55. The van der Waals surface area contributed by atoms with Gasteiger partial charge in [-0.2, -0.15) is 10.2 Å². The van der Waals surface area contributed by atoms with Crippen LogP contribution in [0.15, 0.2) is 36.5 Å². The van der Waals surface area contributed by atoms with Gasteiger partial charge in [0.1, 0.15) is 11.6 Å². The quantitative estimate of drug-likeness (QED) is 0.698. The minimum absolute atomic E-state index is 0.100. The van der Waals surface area contributed by atoms with Crippen LogP contribution in [0, 0.1) is 19.7 Å². The molecule has 2 aromatic heterocycles. The molecule has 1 fully saturated rings. The van der Waals surface area contributed by atoms with Gasteiger partial charge in [-0.25, -0.2) is 13.8 Å². The second-order valence-electron chi connectivity index (χ2n) is 7.96. The molecule has 1 saturated heterocycles. The normalized spacial score (nSPS) is 15.5. The molecule has 0 aliphatic carbocycles. The van der Waals surface area contributed by atoms with Gasteiger partial charge in [-0.05, 0) is 56.5 Å². The minimum atomic E-state index is -0.235. The van der Waals surface area contributed by atoms with Gasteiger partial charge in [0.05, 0.1) is 23.6 Å². The Labute approximate surface area is 175 Å². The third-order valence-electron chi connectivity index (χ3n) is 5.55. The molecule has 0 atom stereocenters. The molecule has 1 aliphatic rings. The van der Waals surface area contributed by atoms with Crippen molar-refractivity contribution in [1.29, 1.82) is 0 Å². The van der Waals surface area contributed by atoms with Crippen molar-refractivity contribution in [3.8, 4) is 5.69 Å². The van der Waals surface area contributed by atoms with Crippen molar-refractivity contribution in [2.24, 2.45) is 0 Å². The van der Waals surface area contributed by atoms with Crippen LogP contribution < -0.4 is 5.32 Å². The first-order valence-electron chi connectivity index (χ1n) is 10.3. The first-order chi connectivity index (χ1) is 14.4. The summed E-state index contributed by atoms with van der Waals surface area (Å²) in [5.41, 5.74) is 3.82. The number of amides is 1. The van der Waals surface area contributed by atoms with Gasteiger partial charge in [0.15, 0.2) is 0 Å². The molecule has 0 bridgehead atoms. The number of rotatable bonds is 5. The summed E-state index contributed by atoms with van der Waals surface area (Å²) < 4.78 is 17.8. The van der Waals surface area contributed by atoms with Gasteiger partial charge in [0, 0.05) is 38.3 Å². The molecule has 1 aromatic carbocycles. The number of nitrogens with zero attached hydrogens (tertiary/aromatic N) is 5. The molecule has 8 heteroatoms. The monoisotopic (exact) mass is 410 g/mol. The summed E-state index contributed by atoms with van der Waals surface area (Å²) in [7, 11) is 0. The van der Waals surface area contributed by atoms with Crippen LogP contribution in [-0.4, -0.2) is 43.5 Å². The number of hydrogen-bond acceptors (Lipinski definition) is 4. The fourth-order valence-corrected chi connectivity index (χ4v) is 4.21. The molecule has 0 saturated carbocycles. The van der Waals surface area contributed by atoms with E-state index in [0.29, 0.717) is 6.54 Å². The molecular weight excluding hydrogens is 383 g/mol. The summed E-state index contributed by atoms with van der Waals surface area (Å²) in [5, 5.41) is 11.8. The molecule has 1 amide bonds. The Morgan fingerprint density at radius 1 is 1.20 bits per heavy atom. The van der Waals surface area contributed by atoms with Gasteiger partial charge >= 0.3 is 0 Å². The molecule has 3 heterocycles. The van der Waals surface area contributed by atoms with Crippen molar-refractivity contribution in [3.63, 3.8) is 0 Å². The fourth-order valence-electron chi connectivity index (χ4n) is 4.21. The average Bonchev–Trinajstić information content (AvgIpc) is 3.28. The number of piperidine rings is 1.